The zero-order valence-electron chi connectivity index (χ0n) is 36.2. The van der Waals surface area contributed by atoms with Crippen molar-refractivity contribution >= 4 is 5.97 Å². The fraction of sp³-hybridized carbons (Fsp3) is 0.761. The van der Waals surface area contributed by atoms with E-state index in [0.717, 1.165) is 51.4 Å². The van der Waals surface area contributed by atoms with Gasteiger partial charge in [-0.1, -0.05) is 132 Å². The summed E-state index contributed by atoms with van der Waals surface area (Å²) in [6, 6.07) is 0. The molecule has 0 spiro atoms. The van der Waals surface area contributed by atoms with Crippen LogP contribution in [-0.4, -0.2) is 142 Å². The molecule has 14 heteroatoms. The quantitative estimate of drug-likeness (QED) is 0.0263. The van der Waals surface area contributed by atoms with Crippen LogP contribution in [0, 0.1) is 0 Å². The van der Waals surface area contributed by atoms with Crippen molar-refractivity contribution in [3.05, 3.63) is 60.8 Å². The van der Waals surface area contributed by atoms with Gasteiger partial charge in [-0.15, -0.1) is 0 Å². The van der Waals surface area contributed by atoms with E-state index in [0.29, 0.717) is 19.4 Å². The van der Waals surface area contributed by atoms with Crippen LogP contribution in [-0.2, 0) is 33.2 Å². The molecule has 0 aromatic rings. The molecule has 2 aliphatic rings. The standard InChI is InChI=1S/C46H78O14/c1-3-5-7-9-11-13-15-16-17-18-19-20-22-24-26-28-30-55-32-35(58-38(48)29-27-25-23-21-14-12-10-8-6-4-2)33-56-45-44(54)42(52)40(50)37(60-45)34-57-46-43(53)41(51)39(49)36(31-47)59-46/h5,7,11,13,16-17,19-20,24,26,35-37,39-47,49-54H,3-4,6,8-10,12,14-15,18,21-23,25,27-34H2,1-2H3/b7-5-,13-11-,17-16-,20-19-,26-24-. The normalized spacial score (nSPS) is 28.3. The molecule has 7 N–H and O–H groups in total. The molecule has 0 aromatic carbocycles. The van der Waals surface area contributed by atoms with Gasteiger partial charge in [0.05, 0.1) is 33.0 Å². The van der Waals surface area contributed by atoms with Crippen LogP contribution in [0.5, 0.6) is 0 Å². The van der Waals surface area contributed by atoms with Crippen LogP contribution in [0.2, 0.25) is 0 Å². The van der Waals surface area contributed by atoms with Gasteiger partial charge >= 0.3 is 5.97 Å². The Morgan fingerprint density at radius 2 is 1.05 bits per heavy atom. The minimum absolute atomic E-state index is 0.00607. The van der Waals surface area contributed by atoms with Gasteiger partial charge in [-0.05, 0) is 44.9 Å². The number of allylic oxidation sites excluding steroid dienone is 9. The summed E-state index contributed by atoms with van der Waals surface area (Å²) in [5.41, 5.74) is 0. The van der Waals surface area contributed by atoms with E-state index in [-0.39, 0.29) is 19.6 Å². The molecule has 0 aromatic heterocycles. The van der Waals surface area contributed by atoms with Crippen molar-refractivity contribution < 1.29 is 69.0 Å². The first-order valence-electron chi connectivity index (χ1n) is 22.4. The summed E-state index contributed by atoms with van der Waals surface area (Å²) in [5, 5.41) is 71.8. The molecule has 2 fully saturated rings. The van der Waals surface area contributed by atoms with E-state index in [4.69, 9.17) is 28.4 Å². The second kappa shape index (κ2) is 34.2. The summed E-state index contributed by atoms with van der Waals surface area (Å²) in [5.74, 6) is -0.407. The lowest BCUT2D eigenvalue weighted by Gasteiger charge is -2.42. The van der Waals surface area contributed by atoms with Crippen LogP contribution < -0.4 is 0 Å². The Hall–Kier alpha value is -2.31. The summed E-state index contributed by atoms with van der Waals surface area (Å²) in [4.78, 5) is 12.9. The Balaban J connectivity index is 1.85. The minimum atomic E-state index is -1.72. The maximum Gasteiger partial charge on any atom is 0.306 e. The van der Waals surface area contributed by atoms with E-state index in [1.807, 2.05) is 6.08 Å². The molecule has 2 saturated heterocycles. The van der Waals surface area contributed by atoms with Gasteiger partial charge < -0.3 is 64.2 Å². The monoisotopic (exact) mass is 855 g/mol. The largest absolute Gasteiger partial charge is 0.457 e. The topological polar surface area (TPSA) is 214 Å². The van der Waals surface area contributed by atoms with Gasteiger partial charge in [0.2, 0.25) is 0 Å². The van der Waals surface area contributed by atoms with Crippen LogP contribution in [0.4, 0.5) is 0 Å². The lowest BCUT2D eigenvalue weighted by molar-refractivity contribution is -0.332. The molecule has 0 radical (unpaired) electrons. The molecule has 60 heavy (non-hydrogen) atoms. The minimum Gasteiger partial charge on any atom is -0.457 e. The third-order valence-corrected chi connectivity index (χ3v) is 10.3. The third kappa shape index (κ3) is 22.7. The van der Waals surface area contributed by atoms with Crippen LogP contribution in [0.25, 0.3) is 0 Å². The molecule has 14 nitrogen and oxygen atoms in total. The van der Waals surface area contributed by atoms with Gasteiger partial charge in [0.25, 0.3) is 0 Å². The number of hydrogen-bond acceptors (Lipinski definition) is 14. The lowest BCUT2D eigenvalue weighted by Crippen LogP contribution is -2.61. The number of aliphatic hydroxyl groups is 7. The molecule has 2 heterocycles. The van der Waals surface area contributed by atoms with Gasteiger partial charge in [0.15, 0.2) is 12.6 Å². The highest BCUT2D eigenvalue weighted by Gasteiger charge is 2.47. The molecule has 2 rings (SSSR count). The maximum absolute atomic E-state index is 12.9. The number of aliphatic hydroxyl groups excluding tert-OH is 7. The van der Waals surface area contributed by atoms with Gasteiger partial charge in [0, 0.05) is 6.42 Å². The number of esters is 1. The van der Waals surface area contributed by atoms with Crippen LogP contribution >= 0.6 is 0 Å². The average molecular weight is 855 g/mol. The SMILES string of the molecule is CC/C=C\C/C=C\C/C=C\C/C=C\C/C=C\CCOCC(COC1OC(COC2OC(CO)C(O)C(O)C2O)C(O)C(O)C1O)OC(=O)CCCCCCCCCCCC. The van der Waals surface area contributed by atoms with Crippen molar-refractivity contribution in [2.24, 2.45) is 0 Å². The molecular formula is C46H78O14. The summed E-state index contributed by atoms with van der Waals surface area (Å²) in [6.07, 6.45) is 21.8. The molecule has 0 aliphatic carbocycles. The van der Waals surface area contributed by atoms with Gasteiger partial charge in [-0.2, -0.15) is 0 Å². The van der Waals surface area contributed by atoms with E-state index < -0.39 is 86.7 Å². The second-order valence-corrected chi connectivity index (χ2v) is 15.5. The highest BCUT2D eigenvalue weighted by Crippen LogP contribution is 2.26. The number of carbonyl (C=O) groups is 1. The zero-order valence-corrected chi connectivity index (χ0v) is 36.2. The van der Waals surface area contributed by atoms with Crippen molar-refractivity contribution in [2.75, 3.05) is 33.0 Å². The smallest absolute Gasteiger partial charge is 0.306 e. The predicted octanol–water partition coefficient (Wildman–Crippen LogP) is 5.01. The van der Waals surface area contributed by atoms with Crippen LogP contribution in [0.1, 0.15) is 123 Å². The summed E-state index contributed by atoms with van der Waals surface area (Å²) < 4.78 is 34.0. The fourth-order valence-corrected chi connectivity index (χ4v) is 6.64. The molecule has 0 bridgehead atoms. The van der Waals surface area contributed by atoms with Crippen molar-refractivity contribution in [1.29, 1.82) is 0 Å². The number of ether oxygens (including phenoxy) is 6. The lowest BCUT2D eigenvalue weighted by atomic mass is 9.98. The number of hydrogen-bond donors (Lipinski definition) is 7. The highest BCUT2D eigenvalue weighted by molar-refractivity contribution is 5.69. The number of rotatable bonds is 33. The first-order valence-corrected chi connectivity index (χ1v) is 22.4. The Kier molecular flexibility index (Phi) is 30.7. The molecule has 11 unspecified atom stereocenters. The molecule has 0 amide bonds. The van der Waals surface area contributed by atoms with Gasteiger partial charge in [-0.25, -0.2) is 0 Å². The Bertz CT molecular complexity index is 1220. The van der Waals surface area contributed by atoms with E-state index in [1.54, 1.807) is 0 Å². The number of unbranched alkanes of at least 4 members (excludes halogenated alkanes) is 9. The van der Waals surface area contributed by atoms with E-state index in [9.17, 15) is 40.5 Å². The Morgan fingerprint density at radius 1 is 0.567 bits per heavy atom. The maximum atomic E-state index is 12.9. The van der Waals surface area contributed by atoms with Crippen LogP contribution in [0.15, 0.2) is 60.8 Å². The van der Waals surface area contributed by atoms with Crippen molar-refractivity contribution in [1.82, 2.24) is 0 Å². The van der Waals surface area contributed by atoms with Crippen LogP contribution in [0.3, 0.4) is 0 Å². The first kappa shape index (κ1) is 53.8. The third-order valence-electron chi connectivity index (χ3n) is 10.3. The summed E-state index contributed by atoms with van der Waals surface area (Å²) in [7, 11) is 0. The fourth-order valence-electron chi connectivity index (χ4n) is 6.64. The Labute approximate surface area is 358 Å². The molecule has 346 valence electrons. The molecule has 0 saturated carbocycles. The van der Waals surface area contributed by atoms with Crippen molar-refractivity contribution in [2.45, 2.75) is 191 Å². The average Bonchev–Trinajstić information content (AvgIpc) is 3.24. The Morgan fingerprint density at radius 3 is 1.60 bits per heavy atom. The van der Waals surface area contributed by atoms with Gasteiger partial charge in [0.1, 0.15) is 54.9 Å². The molecular weight excluding hydrogens is 776 g/mol. The zero-order chi connectivity index (χ0) is 43.8. The van der Waals surface area contributed by atoms with E-state index in [1.165, 1.54) is 38.5 Å². The predicted molar refractivity (Wildman–Crippen MR) is 229 cm³/mol. The van der Waals surface area contributed by atoms with Crippen molar-refractivity contribution in [3.8, 4) is 0 Å². The second-order valence-electron chi connectivity index (χ2n) is 15.5. The molecule has 11 atom stereocenters. The summed E-state index contributed by atoms with van der Waals surface area (Å²) >= 11 is 0. The van der Waals surface area contributed by atoms with E-state index >= 15 is 0 Å². The van der Waals surface area contributed by atoms with E-state index in [2.05, 4.69) is 68.5 Å². The summed E-state index contributed by atoms with van der Waals surface area (Å²) in [6.45, 7) is 3.30. The number of carbonyl (C=O) groups excluding carboxylic acids is 1. The van der Waals surface area contributed by atoms with Gasteiger partial charge in [-0.3, -0.25) is 4.79 Å². The van der Waals surface area contributed by atoms with Crippen molar-refractivity contribution in [3.63, 3.8) is 0 Å². The first-order chi connectivity index (χ1) is 29.1. The highest BCUT2D eigenvalue weighted by atomic mass is 16.7. The molecule has 2 aliphatic heterocycles.